The number of hydrogen-bond acceptors (Lipinski definition) is 4. The van der Waals surface area contributed by atoms with E-state index in [1.807, 2.05) is 12.1 Å². The normalized spacial score (nSPS) is 19.4. The molecule has 0 aromatic carbocycles. The van der Waals surface area contributed by atoms with Crippen LogP contribution in [0.15, 0.2) is 12.1 Å². The lowest BCUT2D eigenvalue weighted by molar-refractivity contribution is 0.660. The molecule has 1 fully saturated rings. The number of hydrogen-bond donors (Lipinski definition) is 1. The summed E-state index contributed by atoms with van der Waals surface area (Å²) in [6, 6.07) is 4.03. The van der Waals surface area contributed by atoms with Gasteiger partial charge in [-0.15, -0.1) is 0 Å². The number of nitrogens with one attached hydrogen (secondary N) is 1. The molecule has 1 aliphatic rings. The molecule has 5 heteroatoms. The summed E-state index contributed by atoms with van der Waals surface area (Å²) in [5.41, 5.74) is 0.962. The molecule has 0 bridgehead atoms. The van der Waals surface area contributed by atoms with Gasteiger partial charge in [0, 0.05) is 30.6 Å². The molecule has 20 heavy (non-hydrogen) atoms. The minimum Gasteiger partial charge on any atom is -0.355 e. The second kappa shape index (κ2) is 8.11. The molecule has 0 radical (unpaired) electrons. The molecule has 1 N–H and O–H groups in total. The van der Waals surface area contributed by atoms with Gasteiger partial charge in [-0.1, -0.05) is 25.4 Å². The highest BCUT2D eigenvalue weighted by Crippen LogP contribution is 2.26. The molecule has 2 heterocycles. The van der Waals surface area contributed by atoms with Crippen molar-refractivity contribution in [3.8, 4) is 0 Å². The summed E-state index contributed by atoms with van der Waals surface area (Å²) >= 11 is 8.32. The van der Waals surface area contributed by atoms with Gasteiger partial charge in [0.05, 0.1) is 10.7 Å². The van der Waals surface area contributed by atoms with Crippen LogP contribution in [0.4, 0.5) is 5.82 Å². The minimum atomic E-state index is 0.725. The zero-order chi connectivity index (χ0) is 14.4. The Kier molecular flexibility index (Phi) is 6.46. The van der Waals surface area contributed by atoms with Crippen LogP contribution in [0.1, 0.15) is 32.4 Å². The first-order valence-corrected chi connectivity index (χ1v) is 8.90. The summed E-state index contributed by atoms with van der Waals surface area (Å²) < 4.78 is 0. The molecule has 0 spiro atoms. The number of pyridine rings is 1. The predicted octanol–water partition coefficient (Wildman–Crippen LogP) is 3.57. The van der Waals surface area contributed by atoms with E-state index in [2.05, 4.69) is 35.8 Å². The van der Waals surface area contributed by atoms with Crippen LogP contribution in [-0.4, -0.2) is 35.6 Å². The van der Waals surface area contributed by atoms with Crippen LogP contribution in [0.25, 0.3) is 0 Å². The van der Waals surface area contributed by atoms with Crippen molar-refractivity contribution in [1.82, 2.24) is 10.3 Å². The summed E-state index contributed by atoms with van der Waals surface area (Å²) in [7, 11) is 0. The molecule has 3 nitrogen and oxygen atoms in total. The quantitative estimate of drug-likeness (QED) is 0.813. The van der Waals surface area contributed by atoms with Gasteiger partial charge in [0.25, 0.3) is 0 Å². The Morgan fingerprint density at radius 1 is 1.45 bits per heavy atom. The van der Waals surface area contributed by atoms with Crippen LogP contribution >= 0.6 is 23.4 Å². The Labute approximate surface area is 131 Å². The van der Waals surface area contributed by atoms with Crippen molar-refractivity contribution in [3.05, 3.63) is 22.8 Å². The van der Waals surface area contributed by atoms with Crippen molar-refractivity contribution in [2.24, 2.45) is 0 Å². The topological polar surface area (TPSA) is 28.2 Å². The second-order valence-corrected chi connectivity index (χ2v) is 6.94. The van der Waals surface area contributed by atoms with Gasteiger partial charge in [-0.2, -0.15) is 11.8 Å². The van der Waals surface area contributed by atoms with Gasteiger partial charge in [-0.05, 0) is 31.5 Å². The van der Waals surface area contributed by atoms with Gasteiger partial charge in [-0.25, -0.2) is 4.98 Å². The highest BCUT2D eigenvalue weighted by molar-refractivity contribution is 8.00. The van der Waals surface area contributed by atoms with E-state index < -0.39 is 0 Å². The Morgan fingerprint density at radius 2 is 2.30 bits per heavy atom. The number of rotatable bonds is 6. The summed E-state index contributed by atoms with van der Waals surface area (Å²) in [6.45, 7) is 8.35. The van der Waals surface area contributed by atoms with Gasteiger partial charge >= 0.3 is 0 Å². The fraction of sp³-hybridized carbons (Fsp3) is 0.667. The minimum absolute atomic E-state index is 0.725. The zero-order valence-electron chi connectivity index (χ0n) is 12.4. The Morgan fingerprint density at radius 3 is 3.05 bits per heavy atom. The van der Waals surface area contributed by atoms with Crippen molar-refractivity contribution >= 4 is 29.2 Å². The monoisotopic (exact) mass is 313 g/mol. The fourth-order valence-electron chi connectivity index (χ4n) is 2.33. The molecule has 0 aliphatic carbocycles. The number of nitrogens with zero attached hydrogens (tertiary/aromatic N) is 2. The second-order valence-electron chi connectivity index (χ2n) is 5.12. The van der Waals surface area contributed by atoms with Crippen LogP contribution in [0.5, 0.6) is 0 Å². The van der Waals surface area contributed by atoms with E-state index in [1.54, 1.807) is 0 Å². The zero-order valence-corrected chi connectivity index (χ0v) is 13.9. The molecule has 1 atom stereocenters. The third-order valence-corrected chi connectivity index (χ3v) is 5.26. The average Bonchev–Trinajstić information content (AvgIpc) is 2.49. The van der Waals surface area contributed by atoms with Gasteiger partial charge in [0.15, 0.2) is 0 Å². The van der Waals surface area contributed by atoms with Crippen molar-refractivity contribution in [3.63, 3.8) is 0 Å². The van der Waals surface area contributed by atoms with Gasteiger partial charge in [-0.3, -0.25) is 0 Å². The molecule has 1 aromatic rings. The van der Waals surface area contributed by atoms with Crippen LogP contribution in [-0.2, 0) is 6.54 Å². The van der Waals surface area contributed by atoms with E-state index in [1.165, 1.54) is 12.2 Å². The average molecular weight is 314 g/mol. The Balaban J connectivity index is 2.05. The van der Waals surface area contributed by atoms with Crippen molar-refractivity contribution in [2.45, 2.75) is 38.5 Å². The smallest absolute Gasteiger partial charge is 0.129 e. The maximum atomic E-state index is 6.24. The molecular formula is C15H24ClN3S. The van der Waals surface area contributed by atoms with Crippen LogP contribution in [0.2, 0.25) is 5.02 Å². The van der Waals surface area contributed by atoms with Crippen molar-refractivity contribution in [1.29, 1.82) is 0 Å². The SMILES string of the molecule is CCCNCc1nc(N2CCSC(CC)C2)ccc1Cl. The Hall–Kier alpha value is -0.450. The lowest BCUT2D eigenvalue weighted by atomic mass is 10.2. The first kappa shape index (κ1) is 15.9. The number of anilines is 1. The van der Waals surface area contributed by atoms with Crippen LogP contribution in [0, 0.1) is 0 Å². The van der Waals surface area contributed by atoms with Crippen LogP contribution < -0.4 is 10.2 Å². The van der Waals surface area contributed by atoms with E-state index in [9.17, 15) is 0 Å². The Bertz CT molecular complexity index is 428. The molecule has 0 amide bonds. The van der Waals surface area contributed by atoms with Gasteiger partial charge < -0.3 is 10.2 Å². The fourth-order valence-corrected chi connectivity index (χ4v) is 3.68. The van der Waals surface area contributed by atoms with E-state index in [-0.39, 0.29) is 0 Å². The van der Waals surface area contributed by atoms with Gasteiger partial charge in [0.2, 0.25) is 0 Å². The lowest BCUT2D eigenvalue weighted by Crippen LogP contribution is -2.38. The molecule has 1 aromatic heterocycles. The highest BCUT2D eigenvalue weighted by Gasteiger charge is 2.20. The molecular weight excluding hydrogens is 290 g/mol. The maximum Gasteiger partial charge on any atom is 0.129 e. The third kappa shape index (κ3) is 4.27. The maximum absolute atomic E-state index is 6.24. The molecule has 1 unspecified atom stereocenters. The summed E-state index contributed by atoms with van der Waals surface area (Å²) in [4.78, 5) is 7.15. The highest BCUT2D eigenvalue weighted by atomic mass is 35.5. The molecule has 0 saturated carbocycles. The number of halogens is 1. The first-order chi connectivity index (χ1) is 9.74. The van der Waals surface area contributed by atoms with Gasteiger partial charge in [0.1, 0.15) is 5.82 Å². The van der Waals surface area contributed by atoms with E-state index in [0.717, 1.165) is 54.4 Å². The molecule has 112 valence electrons. The van der Waals surface area contributed by atoms with E-state index >= 15 is 0 Å². The molecule has 1 saturated heterocycles. The largest absolute Gasteiger partial charge is 0.355 e. The summed E-state index contributed by atoms with van der Waals surface area (Å²) in [5.74, 6) is 2.26. The van der Waals surface area contributed by atoms with E-state index in [4.69, 9.17) is 16.6 Å². The first-order valence-electron chi connectivity index (χ1n) is 7.47. The summed E-state index contributed by atoms with van der Waals surface area (Å²) in [5, 5.41) is 4.86. The predicted molar refractivity (Wildman–Crippen MR) is 90.0 cm³/mol. The standard InChI is InChI=1S/C15H24ClN3S/c1-3-7-17-10-14-13(16)5-6-15(18-14)19-8-9-20-12(4-2)11-19/h5-6,12,17H,3-4,7-11H2,1-2H3. The summed E-state index contributed by atoms with van der Waals surface area (Å²) in [6.07, 6.45) is 2.35. The van der Waals surface area contributed by atoms with E-state index in [0.29, 0.717) is 0 Å². The van der Waals surface area contributed by atoms with Crippen LogP contribution in [0.3, 0.4) is 0 Å². The number of thioether (sulfide) groups is 1. The molecule has 2 rings (SSSR count). The van der Waals surface area contributed by atoms with Crippen molar-refractivity contribution in [2.75, 3.05) is 30.3 Å². The molecule has 1 aliphatic heterocycles. The lowest BCUT2D eigenvalue weighted by Gasteiger charge is -2.33. The van der Waals surface area contributed by atoms with Crippen molar-refractivity contribution < 1.29 is 0 Å². The number of aromatic nitrogens is 1. The third-order valence-electron chi connectivity index (χ3n) is 3.54.